The first kappa shape index (κ1) is 74.8. The second-order valence-electron chi connectivity index (χ2n) is 32.9. The zero-order valence-corrected chi connectivity index (χ0v) is 74.1. The van der Waals surface area contributed by atoms with Crippen LogP contribution in [0, 0.1) is 0 Å². The Kier molecular flexibility index (Phi) is 17.4. The minimum atomic E-state index is 0.698. The summed E-state index contributed by atoms with van der Waals surface area (Å²) in [4.78, 5) is 20.4. The molecule has 0 amide bonds. The molecule has 0 aliphatic rings. The number of benzene rings is 17. The Morgan fingerprint density at radius 2 is 0.554 bits per heavy atom. The molecule has 0 radical (unpaired) electrons. The summed E-state index contributed by atoms with van der Waals surface area (Å²) in [6, 6.07) is 145. The highest BCUT2D eigenvalue weighted by atomic mass is 32.1. The lowest BCUT2D eigenvalue weighted by atomic mass is 9.90. The highest BCUT2D eigenvalue weighted by molar-refractivity contribution is 7.38. The predicted molar refractivity (Wildman–Crippen MR) is 558 cm³/mol. The van der Waals surface area contributed by atoms with Crippen molar-refractivity contribution in [2.75, 3.05) is 0 Å². The van der Waals surface area contributed by atoms with Crippen molar-refractivity contribution in [2.24, 2.45) is 0 Å². The van der Waals surface area contributed by atoms with Crippen LogP contribution in [0.4, 0.5) is 0 Å². The molecule has 0 fully saturated rings. The Morgan fingerprint density at radius 3 is 1.02 bits per heavy atom. The van der Waals surface area contributed by atoms with E-state index in [4.69, 9.17) is 24.4 Å². The van der Waals surface area contributed by atoms with Crippen LogP contribution in [0.15, 0.2) is 411 Å². The lowest BCUT2D eigenvalue weighted by Gasteiger charge is -2.19. The second kappa shape index (κ2) is 30.2. The number of aromatic nitrogens is 7. The molecule has 0 saturated carbocycles. The zero-order chi connectivity index (χ0) is 85.2. The van der Waals surface area contributed by atoms with Gasteiger partial charge in [-0.25, -0.2) is 19.9 Å². The first-order valence-corrected chi connectivity index (χ1v) is 48.3. The smallest absolute Gasteiger partial charge is 0.235 e. The summed E-state index contributed by atoms with van der Waals surface area (Å²) < 4.78 is 29.8. The molecule has 608 valence electrons. The fraction of sp³-hybridized carbons (Fsp3) is 0. The minimum absolute atomic E-state index is 0.698. The standard InChI is InChI=1S/C46H25NOS2.C38H23N3S2.C32H19N3S2/c1-2-12-27-25-39-36(23-26(27)11-1)35-24-28(21-22-38(35)48-39)41-29-13-3-5-15-31(29)42(32-16-6-4-14-30(32)41)47-37-19-9-7-17-33(37)44-43(47)46-45(50-44)34-18-8-10-20-40(34)49-46;1-3-11-24(12-4-1)30-23-31(25-13-5-2-6-14-25)40-38(39-30)26-19-21-27(22-20-26)41-32-17-9-7-15-28(32)35-34(41)37-36(43-35)29-16-8-10-18-33(29)42-37;1-3-11-20(12-4-1)24-19-25(21-13-5-2-6-14-21)34-32(33-24)35-26-17-9-7-15-22(26)29-28(35)31-30(37-29)23-16-8-10-18-27(23)36-31/h1-25H;1-23H;1-19H. The number of hydrogen-bond acceptors (Lipinski definition) is 11. The average molecular weight is 1770 g/mol. The van der Waals surface area contributed by atoms with E-state index in [1.165, 1.54) is 165 Å². The molecule has 0 spiro atoms. The Morgan fingerprint density at radius 1 is 0.208 bits per heavy atom. The molecule has 12 heterocycles. The van der Waals surface area contributed by atoms with E-state index in [9.17, 15) is 0 Å². The van der Waals surface area contributed by atoms with Crippen LogP contribution in [0.25, 0.3) is 261 Å². The van der Waals surface area contributed by atoms with Crippen molar-refractivity contribution >= 4 is 244 Å². The summed E-state index contributed by atoms with van der Waals surface area (Å²) in [6.45, 7) is 0. The van der Waals surface area contributed by atoms with Gasteiger partial charge in [0.1, 0.15) is 11.2 Å². The summed E-state index contributed by atoms with van der Waals surface area (Å²) >= 11 is 11.4. The van der Waals surface area contributed by atoms with Crippen LogP contribution in [-0.4, -0.2) is 33.6 Å². The summed E-state index contributed by atoms with van der Waals surface area (Å²) in [5, 5.41) is 17.5. The summed E-state index contributed by atoms with van der Waals surface area (Å²) in [5.41, 5.74) is 23.0. The van der Waals surface area contributed by atoms with Gasteiger partial charge >= 0.3 is 0 Å². The molecule has 0 aliphatic carbocycles. The topological polar surface area (TPSA) is 79.5 Å². The van der Waals surface area contributed by atoms with E-state index in [0.29, 0.717) is 5.95 Å². The van der Waals surface area contributed by atoms with Crippen LogP contribution in [0.5, 0.6) is 0 Å². The van der Waals surface area contributed by atoms with Crippen molar-refractivity contribution in [1.29, 1.82) is 0 Å². The largest absolute Gasteiger partial charge is 0.456 e. The normalized spacial score (nSPS) is 12.0. The van der Waals surface area contributed by atoms with Gasteiger partial charge in [-0.15, -0.1) is 68.0 Å². The van der Waals surface area contributed by atoms with Crippen LogP contribution in [0.3, 0.4) is 0 Å². The van der Waals surface area contributed by atoms with Crippen LogP contribution >= 0.6 is 68.0 Å². The van der Waals surface area contributed by atoms with Crippen molar-refractivity contribution in [1.82, 2.24) is 33.6 Å². The third-order valence-corrected chi connectivity index (χ3v) is 33.1. The lowest BCUT2D eigenvalue weighted by molar-refractivity contribution is 0.669. The highest BCUT2D eigenvalue weighted by Crippen LogP contribution is 2.55. The molecule has 0 aliphatic heterocycles. The Balaban J connectivity index is 0.000000102. The predicted octanol–water partition coefficient (Wildman–Crippen LogP) is 34.6. The highest BCUT2D eigenvalue weighted by Gasteiger charge is 2.29. The molecule has 29 rings (SSSR count). The Labute approximate surface area is 766 Å². The van der Waals surface area contributed by atoms with Crippen LogP contribution in [0.1, 0.15) is 0 Å². The summed E-state index contributed by atoms with van der Waals surface area (Å²) in [5.74, 6) is 1.42. The Hall–Kier alpha value is -15.4. The molecule has 14 heteroatoms. The fourth-order valence-electron chi connectivity index (χ4n) is 19.6. The summed E-state index contributed by atoms with van der Waals surface area (Å²) in [7, 11) is 0. The van der Waals surface area contributed by atoms with Crippen molar-refractivity contribution in [3.8, 4) is 84.9 Å². The van der Waals surface area contributed by atoms with Crippen molar-refractivity contribution in [3.05, 3.63) is 406 Å². The molecule has 0 saturated heterocycles. The monoisotopic (exact) mass is 1770 g/mol. The van der Waals surface area contributed by atoms with E-state index < -0.39 is 0 Å². The third kappa shape index (κ3) is 12.0. The second-order valence-corrected chi connectivity index (χ2v) is 39.1. The van der Waals surface area contributed by atoms with Gasteiger partial charge in [0.2, 0.25) is 5.95 Å². The number of hydrogen-bond donors (Lipinski definition) is 0. The van der Waals surface area contributed by atoms with Crippen LogP contribution in [0.2, 0.25) is 0 Å². The number of thiophene rings is 6. The van der Waals surface area contributed by atoms with Crippen molar-refractivity contribution < 1.29 is 4.42 Å². The van der Waals surface area contributed by atoms with Crippen molar-refractivity contribution in [2.45, 2.75) is 0 Å². The van der Waals surface area contributed by atoms with Gasteiger partial charge in [0, 0.05) is 101 Å². The molecule has 0 unspecified atom stereocenters. The van der Waals surface area contributed by atoms with Gasteiger partial charge in [-0.3, -0.25) is 4.57 Å². The lowest BCUT2D eigenvalue weighted by Crippen LogP contribution is -2.03. The molecule has 0 N–H and O–H groups in total. The van der Waals surface area contributed by atoms with Gasteiger partial charge < -0.3 is 13.6 Å². The average Bonchev–Trinajstić information content (AvgIpc) is 1.52. The van der Waals surface area contributed by atoms with E-state index in [2.05, 4.69) is 372 Å². The number of fused-ring (bicyclic) bond motifs is 27. The SMILES string of the molecule is c1ccc(-c2cc(-c3ccccc3)nc(-c3ccc(-n4c5ccccc5c5sc6c7ccccc7sc6c54)cc3)n2)cc1.c1ccc(-c2cc(-c3ccccc3)nc(-n3c4ccccc4c4sc5c6ccccc6sc5c43)n2)cc1.c1ccc2cc3c(cc2c1)oc1ccc(-c2c4ccccc4c(-n4c5ccccc5c5sc6c7ccccc7sc6c54)c4ccccc24)cc13. The van der Waals surface area contributed by atoms with Gasteiger partial charge in [-0.1, -0.05) is 309 Å². The molecule has 0 bridgehead atoms. The van der Waals surface area contributed by atoms with E-state index >= 15 is 0 Å². The van der Waals surface area contributed by atoms with Gasteiger partial charge in [0.15, 0.2) is 5.82 Å². The van der Waals surface area contributed by atoms with Gasteiger partial charge in [0.05, 0.1) is 104 Å². The Bertz CT molecular complexity index is 9470. The quantitative estimate of drug-likeness (QED) is 0.135. The van der Waals surface area contributed by atoms with Crippen LogP contribution in [-0.2, 0) is 0 Å². The van der Waals surface area contributed by atoms with Crippen LogP contribution < -0.4 is 0 Å². The summed E-state index contributed by atoms with van der Waals surface area (Å²) in [6.07, 6.45) is 0. The zero-order valence-electron chi connectivity index (χ0n) is 69.2. The van der Waals surface area contributed by atoms with Gasteiger partial charge in [-0.2, -0.15) is 0 Å². The minimum Gasteiger partial charge on any atom is -0.456 e. The number of para-hydroxylation sites is 3. The first-order valence-electron chi connectivity index (χ1n) is 43.4. The molecule has 12 aromatic heterocycles. The molecule has 8 nitrogen and oxygen atoms in total. The number of rotatable bonds is 9. The maximum absolute atomic E-state index is 6.42. The molecule has 29 aromatic rings. The third-order valence-electron chi connectivity index (χ3n) is 25.4. The number of furan rings is 1. The molecule has 17 aromatic carbocycles. The van der Waals surface area contributed by atoms with E-state index in [0.717, 1.165) is 89.6 Å². The van der Waals surface area contributed by atoms with Gasteiger partial charge in [-0.05, 0) is 130 Å². The van der Waals surface area contributed by atoms with E-state index in [1.54, 1.807) is 0 Å². The van der Waals surface area contributed by atoms with Gasteiger partial charge in [0.25, 0.3) is 0 Å². The maximum Gasteiger partial charge on any atom is 0.235 e. The number of nitrogens with zero attached hydrogens (tertiary/aromatic N) is 7. The molecule has 0 atom stereocenters. The maximum atomic E-state index is 6.42. The van der Waals surface area contributed by atoms with Crippen molar-refractivity contribution in [3.63, 3.8) is 0 Å². The molecule has 130 heavy (non-hydrogen) atoms. The molecular formula is C116H67N7OS6. The van der Waals surface area contributed by atoms with E-state index in [1.807, 2.05) is 117 Å². The first-order chi connectivity index (χ1) is 64.5. The molecular weight excluding hydrogens is 1700 g/mol. The fourth-order valence-corrected chi connectivity index (χ4v) is 27.9. The van der Waals surface area contributed by atoms with E-state index in [-0.39, 0.29) is 0 Å².